The van der Waals surface area contributed by atoms with Gasteiger partial charge in [0.1, 0.15) is 0 Å². The van der Waals surface area contributed by atoms with Gasteiger partial charge in [0.2, 0.25) is 0 Å². The van der Waals surface area contributed by atoms with Crippen molar-refractivity contribution in [3.8, 4) is 0 Å². The summed E-state index contributed by atoms with van der Waals surface area (Å²) in [5.41, 5.74) is 2.84. The van der Waals surface area contributed by atoms with E-state index in [4.69, 9.17) is 0 Å². The third-order valence-electron chi connectivity index (χ3n) is 4.55. The quantitative estimate of drug-likeness (QED) is 0.897. The number of benzene rings is 1. The van der Waals surface area contributed by atoms with Crippen LogP contribution in [0.1, 0.15) is 43.2 Å². The molecule has 4 nitrogen and oxygen atoms in total. The smallest absolute Gasteiger partial charge is 0.191 e. The minimum absolute atomic E-state index is 0.857. The lowest BCUT2D eigenvalue weighted by molar-refractivity contribution is 0.276. The second kappa shape index (κ2) is 8.18. The molecule has 1 fully saturated rings. The first-order valence-corrected chi connectivity index (χ1v) is 8.73. The van der Waals surface area contributed by atoms with E-state index in [9.17, 15) is 0 Å². The zero-order valence-corrected chi connectivity index (χ0v) is 13.5. The maximum atomic E-state index is 4.49. The summed E-state index contributed by atoms with van der Waals surface area (Å²) >= 11 is 0. The van der Waals surface area contributed by atoms with Crippen LogP contribution >= 0.6 is 0 Å². The van der Waals surface area contributed by atoms with Gasteiger partial charge in [-0.3, -0.25) is 9.89 Å². The van der Waals surface area contributed by atoms with Gasteiger partial charge in [-0.05, 0) is 43.5 Å². The largest absolute Gasteiger partial charge is 0.356 e. The molecule has 2 N–H and O–H groups in total. The van der Waals surface area contributed by atoms with Gasteiger partial charge in [-0.2, -0.15) is 0 Å². The van der Waals surface area contributed by atoms with Gasteiger partial charge < -0.3 is 10.6 Å². The highest BCUT2D eigenvalue weighted by Gasteiger charge is 2.12. The van der Waals surface area contributed by atoms with Crippen molar-refractivity contribution < 1.29 is 0 Å². The Hall–Kier alpha value is -1.55. The average Bonchev–Trinajstić information content (AvgIpc) is 2.84. The maximum Gasteiger partial charge on any atom is 0.191 e. The van der Waals surface area contributed by atoms with E-state index >= 15 is 0 Å². The van der Waals surface area contributed by atoms with E-state index in [0.717, 1.165) is 38.6 Å². The number of rotatable bonds is 4. The first-order valence-electron chi connectivity index (χ1n) is 8.73. The number of nitrogens with one attached hydrogen (secondary N) is 2. The van der Waals surface area contributed by atoms with Crippen molar-refractivity contribution in [3.63, 3.8) is 0 Å². The van der Waals surface area contributed by atoms with Crippen LogP contribution in [-0.2, 0) is 13.1 Å². The lowest BCUT2D eigenvalue weighted by atomic mass is 10.1. The summed E-state index contributed by atoms with van der Waals surface area (Å²) < 4.78 is 0. The normalized spacial score (nSPS) is 19.9. The molecule has 0 atom stereocenters. The SMILES string of the molecule is c1ccc(CN2CCCCCC2)c(CNC2=NCCCN2)c1. The van der Waals surface area contributed by atoms with Crippen molar-refractivity contribution in [2.24, 2.45) is 4.99 Å². The average molecular weight is 300 g/mol. The molecule has 0 radical (unpaired) electrons. The van der Waals surface area contributed by atoms with E-state index in [2.05, 4.69) is 44.8 Å². The van der Waals surface area contributed by atoms with Crippen LogP contribution in [0, 0.1) is 0 Å². The number of hydrogen-bond donors (Lipinski definition) is 2. The summed E-state index contributed by atoms with van der Waals surface area (Å²) in [7, 11) is 0. The molecule has 120 valence electrons. The van der Waals surface area contributed by atoms with Gasteiger partial charge in [0.25, 0.3) is 0 Å². The Labute approximate surface area is 134 Å². The monoisotopic (exact) mass is 300 g/mol. The molecule has 1 aromatic rings. The Morgan fingerprint density at radius 2 is 1.77 bits per heavy atom. The highest BCUT2D eigenvalue weighted by atomic mass is 15.2. The van der Waals surface area contributed by atoms with Gasteiger partial charge in [-0.15, -0.1) is 0 Å². The van der Waals surface area contributed by atoms with Gasteiger partial charge in [0, 0.05) is 26.2 Å². The first kappa shape index (κ1) is 15.3. The molecule has 0 spiro atoms. The standard InChI is InChI=1S/C18H28N4/c1-2-6-13-22(12-5-1)15-17-9-4-3-8-16(17)14-21-18-19-10-7-11-20-18/h3-4,8-9H,1-2,5-7,10-15H2,(H2,19,20,21). The van der Waals surface area contributed by atoms with Crippen LogP contribution in [0.3, 0.4) is 0 Å². The molecule has 2 aliphatic heterocycles. The molecule has 2 aliphatic rings. The van der Waals surface area contributed by atoms with Crippen molar-refractivity contribution in [1.82, 2.24) is 15.5 Å². The highest BCUT2D eigenvalue weighted by Crippen LogP contribution is 2.16. The molecule has 2 heterocycles. The molecule has 4 heteroatoms. The van der Waals surface area contributed by atoms with Crippen LogP contribution in [0.2, 0.25) is 0 Å². The van der Waals surface area contributed by atoms with Crippen LogP contribution in [0.25, 0.3) is 0 Å². The van der Waals surface area contributed by atoms with E-state index in [1.54, 1.807) is 0 Å². The Bertz CT molecular complexity index is 490. The fourth-order valence-electron chi connectivity index (χ4n) is 3.25. The zero-order valence-electron chi connectivity index (χ0n) is 13.5. The first-order chi connectivity index (χ1) is 10.9. The van der Waals surface area contributed by atoms with Gasteiger partial charge in [-0.1, -0.05) is 37.1 Å². The van der Waals surface area contributed by atoms with E-state index in [-0.39, 0.29) is 0 Å². The van der Waals surface area contributed by atoms with Gasteiger partial charge in [0.05, 0.1) is 0 Å². The summed E-state index contributed by atoms with van der Waals surface area (Å²) in [6.07, 6.45) is 6.62. The molecule has 1 saturated heterocycles. The number of nitrogens with zero attached hydrogens (tertiary/aromatic N) is 2. The number of aliphatic imine (C=N–C) groups is 1. The topological polar surface area (TPSA) is 39.7 Å². The van der Waals surface area contributed by atoms with E-state index in [1.165, 1.54) is 49.9 Å². The summed E-state index contributed by atoms with van der Waals surface area (Å²) in [5, 5.41) is 6.78. The Balaban J connectivity index is 1.60. The molecule has 0 unspecified atom stereocenters. The fourth-order valence-corrected chi connectivity index (χ4v) is 3.25. The van der Waals surface area contributed by atoms with Crippen molar-refractivity contribution >= 4 is 5.96 Å². The molecular formula is C18H28N4. The van der Waals surface area contributed by atoms with E-state index in [1.807, 2.05) is 0 Å². The molecule has 0 aromatic heterocycles. The van der Waals surface area contributed by atoms with Crippen molar-refractivity contribution in [3.05, 3.63) is 35.4 Å². The summed E-state index contributed by atoms with van der Waals surface area (Å²) in [5.74, 6) is 0.954. The van der Waals surface area contributed by atoms with E-state index < -0.39 is 0 Å². The number of likely N-dealkylation sites (tertiary alicyclic amines) is 1. The zero-order chi connectivity index (χ0) is 15.0. The summed E-state index contributed by atoms with van der Waals surface area (Å²) in [6, 6.07) is 8.81. The minimum atomic E-state index is 0.857. The molecule has 0 amide bonds. The number of guanidine groups is 1. The molecule has 0 aliphatic carbocycles. The van der Waals surface area contributed by atoms with Crippen LogP contribution < -0.4 is 10.6 Å². The Kier molecular flexibility index (Phi) is 5.71. The van der Waals surface area contributed by atoms with E-state index in [0.29, 0.717) is 0 Å². The third kappa shape index (κ3) is 4.47. The highest BCUT2D eigenvalue weighted by molar-refractivity contribution is 5.80. The predicted octanol–water partition coefficient (Wildman–Crippen LogP) is 2.50. The maximum absolute atomic E-state index is 4.49. The van der Waals surface area contributed by atoms with Crippen LogP contribution in [0.4, 0.5) is 0 Å². The molecular weight excluding hydrogens is 272 g/mol. The van der Waals surface area contributed by atoms with Crippen LogP contribution in [0.15, 0.2) is 29.3 Å². The second-order valence-corrected chi connectivity index (χ2v) is 6.32. The second-order valence-electron chi connectivity index (χ2n) is 6.32. The predicted molar refractivity (Wildman–Crippen MR) is 91.9 cm³/mol. The molecule has 0 saturated carbocycles. The minimum Gasteiger partial charge on any atom is -0.356 e. The van der Waals surface area contributed by atoms with Crippen molar-refractivity contribution in [1.29, 1.82) is 0 Å². The molecule has 3 rings (SSSR count). The van der Waals surface area contributed by atoms with Gasteiger partial charge in [0.15, 0.2) is 5.96 Å². The van der Waals surface area contributed by atoms with Gasteiger partial charge in [-0.25, -0.2) is 0 Å². The van der Waals surface area contributed by atoms with Gasteiger partial charge >= 0.3 is 0 Å². The Morgan fingerprint density at radius 3 is 2.50 bits per heavy atom. The van der Waals surface area contributed by atoms with Crippen molar-refractivity contribution in [2.45, 2.75) is 45.2 Å². The van der Waals surface area contributed by atoms with Crippen molar-refractivity contribution in [2.75, 3.05) is 26.2 Å². The summed E-state index contributed by atoms with van der Waals surface area (Å²) in [6.45, 7) is 6.39. The lowest BCUT2D eigenvalue weighted by Gasteiger charge is -2.22. The number of hydrogen-bond acceptors (Lipinski definition) is 4. The molecule has 0 bridgehead atoms. The lowest BCUT2D eigenvalue weighted by Crippen LogP contribution is -2.40. The van der Waals surface area contributed by atoms with Crippen LogP contribution in [0.5, 0.6) is 0 Å². The third-order valence-corrected chi connectivity index (χ3v) is 4.55. The Morgan fingerprint density at radius 1 is 1.00 bits per heavy atom. The molecule has 22 heavy (non-hydrogen) atoms. The van der Waals surface area contributed by atoms with Crippen LogP contribution in [-0.4, -0.2) is 37.0 Å². The fraction of sp³-hybridized carbons (Fsp3) is 0.611. The molecule has 1 aromatic carbocycles. The summed E-state index contributed by atoms with van der Waals surface area (Å²) in [4.78, 5) is 7.10.